The van der Waals surface area contributed by atoms with Crippen LogP contribution in [0.5, 0.6) is 5.75 Å². The highest BCUT2D eigenvalue weighted by Gasteiger charge is 2.35. The van der Waals surface area contributed by atoms with Crippen LogP contribution in [0.1, 0.15) is 11.1 Å². The molecule has 1 heterocycles. The Kier molecular flexibility index (Phi) is 5.98. The molecule has 2 aromatic carbocycles. The number of ether oxygens (including phenoxy) is 1. The van der Waals surface area contributed by atoms with Gasteiger partial charge in [-0.05, 0) is 53.2 Å². The molecule has 0 aliphatic carbocycles. The summed E-state index contributed by atoms with van der Waals surface area (Å²) in [5, 5.41) is -0.217. The molecule has 1 aliphatic heterocycles. The Labute approximate surface area is 165 Å². The average molecular weight is 404 g/mol. The third-order valence-corrected chi connectivity index (χ3v) is 5.02. The van der Waals surface area contributed by atoms with Crippen LogP contribution < -0.4 is 4.74 Å². The first-order chi connectivity index (χ1) is 13.0. The third kappa shape index (κ3) is 4.59. The molecule has 0 bridgehead atoms. The van der Waals surface area contributed by atoms with Gasteiger partial charge < -0.3 is 4.74 Å². The van der Waals surface area contributed by atoms with Crippen LogP contribution >= 0.6 is 23.4 Å². The Balaban J connectivity index is 1.75. The largest absolute Gasteiger partial charge is 0.490 e. The van der Waals surface area contributed by atoms with Crippen LogP contribution in [0.25, 0.3) is 6.08 Å². The zero-order valence-electron chi connectivity index (χ0n) is 14.2. The standard InChI is InChI=1S/C20H15ClFNO3S/c1-2-9-26-16-7-3-13(4-8-16)10-18-19(24)23(20(25)27-18)12-14-5-6-15(22)11-17(14)21/h2-8,10-11H,1,9,12H2/b18-10-. The molecule has 138 valence electrons. The monoisotopic (exact) mass is 403 g/mol. The highest BCUT2D eigenvalue weighted by molar-refractivity contribution is 8.18. The Morgan fingerprint density at radius 3 is 2.59 bits per heavy atom. The van der Waals surface area contributed by atoms with Gasteiger partial charge in [0.05, 0.1) is 11.4 Å². The van der Waals surface area contributed by atoms with Gasteiger partial charge in [0.1, 0.15) is 18.2 Å². The predicted octanol–water partition coefficient (Wildman–Crippen LogP) is 5.28. The number of imide groups is 1. The molecule has 1 aliphatic rings. The number of rotatable bonds is 6. The maximum absolute atomic E-state index is 13.2. The van der Waals surface area contributed by atoms with Crippen LogP contribution in [0.15, 0.2) is 60.0 Å². The summed E-state index contributed by atoms with van der Waals surface area (Å²) >= 11 is 6.85. The van der Waals surface area contributed by atoms with Crippen molar-refractivity contribution in [2.75, 3.05) is 6.61 Å². The van der Waals surface area contributed by atoms with Crippen LogP contribution in [0.3, 0.4) is 0 Å². The summed E-state index contributed by atoms with van der Waals surface area (Å²) in [6.45, 7) is 3.99. The number of carbonyl (C=O) groups excluding carboxylic acids is 2. The van der Waals surface area contributed by atoms with Gasteiger partial charge in [-0.1, -0.05) is 42.5 Å². The topological polar surface area (TPSA) is 46.6 Å². The SMILES string of the molecule is C=CCOc1ccc(/C=C2\SC(=O)N(Cc3ccc(F)cc3Cl)C2=O)cc1. The first-order valence-corrected chi connectivity index (χ1v) is 9.20. The number of halogens is 2. The molecule has 0 saturated carbocycles. The molecular weight excluding hydrogens is 389 g/mol. The van der Waals surface area contributed by atoms with E-state index >= 15 is 0 Å². The highest BCUT2D eigenvalue weighted by Crippen LogP contribution is 2.34. The van der Waals surface area contributed by atoms with Crippen LogP contribution in [-0.2, 0) is 11.3 Å². The molecule has 0 radical (unpaired) electrons. The van der Waals surface area contributed by atoms with E-state index in [1.54, 1.807) is 36.4 Å². The minimum Gasteiger partial charge on any atom is -0.490 e. The van der Waals surface area contributed by atoms with Gasteiger partial charge in [0.15, 0.2) is 0 Å². The minimum absolute atomic E-state index is 0.00451. The molecule has 0 N–H and O–H groups in total. The van der Waals surface area contributed by atoms with Gasteiger partial charge in [-0.25, -0.2) is 4.39 Å². The molecule has 27 heavy (non-hydrogen) atoms. The van der Waals surface area contributed by atoms with Crippen molar-refractivity contribution in [3.05, 3.63) is 82.0 Å². The minimum atomic E-state index is -0.474. The lowest BCUT2D eigenvalue weighted by Crippen LogP contribution is -2.27. The summed E-state index contributed by atoms with van der Waals surface area (Å²) < 4.78 is 18.6. The molecule has 0 unspecified atom stereocenters. The summed E-state index contributed by atoms with van der Waals surface area (Å²) in [7, 11) is 0. The zero-order valence-corrected chi connectivity index (χ0v) is 15.7. The van der Waals surface area contributed by atoms with E-state index in [0.29, 0.717) is 22.8 Å². The smallest absolute Gasteiger partial charge is 0.293 e. The highest BCUT2D eigenvalue weighted by atomic mass is 35.5. The molecule has 4 nitrogen and oxygen atoms in total. The molecule has 2 amide bonds. The van der Waals surface area contributed by atoms with Gasteiger partial charge in [-0.15, -0.1) is 0 Å². The summed E-state index contributed by atoms with van der Waals surface area (Å²) in [5.41, 5.74) is 1.27. The van der Waals surface area contributed by atoms with Crippen molar-refractivity contribution in [2.24, 2.45) is 0 Å². The van der Waals surface area contributed by atoms with Crippen molar-refractivity contribution in [1.29, 1.82) is 0 Å². The predicted molar refractivity (Wildman–Crippen MR) is 105 cm³/mol. The van der Waals surface area contributed by atoms with Crippen LogP contribution in [0.4, 0.5) is 9.18 Å². The number of nitrogens with zero attached hydrogens (tertiary/aromatic N) is 1. The first kappa shape index (κ1) is 19.2. The second-order valence-corrected chi connectivity index (χ2v) is 7.07. The molecule has 0 spiro atoms. The van der Waals surface area contributed by atoms with Crippen LogP contribution in [0.2, 0.25) is 5.02 Å². The average Bonchev–Trinajstić information content (AvgIpc) is 2.90. The number of amides is 2. The molecule has 2 aromatic rings. The number of thioether (sulfide) groups is 1. The van der Waals surface area contributed by atoms with E-state index in [-0.39, 0.29) is 11.6 Å². The van der Waals surface area contributed by atoms with Gasteiger partial charge in [-0.2, -0.15) is 0 Å². The Hall–Kier alpha value is -2.57. The van der Waals surface area contributed by atoms with E-state index in [1.807, 2.05) is 0 Å². The number of benzene rings is 2. The lowest BCUT2D eigenvalue weighted by molar-refractivity contribution is -0.123. The van der Waals surface area contributed by atoms with Crippen molar-refractivity contribution in [3.8, 4) is 5.75 Å². The van der Waals surface area contributed by atoms with Gasteiger partial charge in [-0.3, -0.25) is 14.5 Å². The Bertz CT molecular complexity index is 927. The summed E-state index contributed by atoms with van der Waals surface area (Å²) in [6, 6.07) is 11.0. The summed E-state index contributed by atoms with van der Waals surface area (Å²) in [4.78, 5) is 26.2. The zero-order chi connectivity index (χ0) is 19.4. The second kappa shape index (κ2) is 8.41. The van der Waals surface area contributed by atoms with Crippen molar-refractivity contribution < 1.29 is 18.7 Å². The van der Waals surface area contributed by atoms with Crippen molar-refractivity contribution in [2.45, 2.75) is 6.54 Å². The van der Waals surface area contributed by atoms with Crippen molar-refractivity contribution in [1.82, 2.24) is 4.90 Å². The van der Waals surface area contributed by atoms with E-state index in [4.69, 9.17) is 16.3 Å². The fraction of sp³-hybridized carbons (Fsp3) is 0.100. The first-order valence-electron chi connectivity index (χ1n) is 8.01. The van der Waals surface area contributed by atoms with Crippen LogP contribution in [-0.4, -0.2) is 22.7 Å². The van der Waals surface area contributed by atoms with E-state index in [9.17, 15) is 14.0 Å². The molecule has 0 atom stereocenters. The van der Waals surface area contributed by atoms with E-state index < -0.39 is 17.0 Å². The normalized spacial score (nSPS) is 15.5. The van der Waals surface area contributed by atoms with Crippen LogP contribution in [0, 0.1) is 5.82 Å². The number of carbonyl (C=O) groups is 2. The van der Waals surface area contributed by atoms with Gasteiger partial charge >= 0.3 is 0 Å². The lowest BCUT2D eigenvalue weighted by atomic mass is 10.2. The lowest BCUT2D eigenvalue weighted by Gasteiger charge is -2.13. The quantitative estimate of drug-likeness (QED) is 0.486. The molecule has 0 aromatic heterocycles. The van der Waals surface area contributed by atoms with E-state index in [2.05, 4.69) is 6.58 Å². The second-order valence-electron chi connectivity index (χ2n) is 5.67. The van der Waals surface area contributed by atoms with Gasteiger partial charge in [0, 0.05) is 5.02 Å². The summed E-state index contributed by atoms with van der Waals surface area (Å²) in [6.07, 6.45) is 3.30. The molecule has 3 rings (SSSR count). The number of hydrogen-bond donors (Lipinski definition) is 0. The maximum atomic E-state index is 13.2. The van der Waals surface area contributed by atoms with Crippen molar-refractivity contribution in [3.63, 3.8) is 0 Å². The van der Waals surface area contributed by atoms with Gasteiger partial charge in [0.25, 0.3) is 11.1 Å². The molecular formula is C20H15ClFNO3S. The van der Waals surface area contributed by atoms with Gasteiger partial charge in [0.2, 0.25) is 0 Å². The third-order valence-electron chi connectivity index (χ3n) is 3.76. The molecule has 1 saturated heterocycles. The maximum Gasteiger partial charge on any atom is 0.293 e. The molecule has 1 fully saturated rings. The summed E-state index contributed by atoms with van der Waals surface area (Å²) in [5.74, 6) is -0.193. The Morgan fingerprint density at radius 2 is 1.93 bits per heavy atom. The van der Waals surface area contributed by atoms with E-state index in [1.165, 1.54) is 12.1 Å². The Morgan fingerprint density at radius 1 is 1.19 bits per heavy atom. The van der Waals surface area contributed by atoms with E-state index in [0.717, 1.165) is 28.3 Å². The number of hydrogen-bond acceptors (Lipinski definition) is 4. The fourth-order valence-electron chi connectivity index (χ4n) is 2.42. The molecule has 7 heteroatoms. The fourth-order valence-corrected chi connectivity index (χ4v) is 3.49. The van der Waals surface area contributed by atoms with Crippen molar-refractivity contribution >= 4 is 40.6 Å².